The summed E-state index contributed by atoms with van der Waals surface area (Å²) in [5.41, 5.74) is 2.11. The van der Waals surface area contributed by atoms with Gasteiger partial charge in [-0.3, -0.25) is 4.79 Å². The van der Waals surface area contributed by atoms with Crippen molar-refractivity contribution in [3.8, 4) is 0 Å². The zero-order chi connectivity index (χ0) is 18.3. The van der Waals surface area contributed by atoms with E-state index in [1.54, 1.807) is 0 Å². The van der Waals surface area contributed by atoms with Gasteiger partial charge in [-0.15, -0.1) is 0 Å². The highest BCUT2D eigenvalue weighted by Crippen LogP contribution is 2.18. The van der Waals surface area contributed by atoms with Crippen LogP contribution in [0.25, 0.3) is 0 Å². The Balaban J connectivity index is 2.14. The summed E-state index contributed by atoms with van der Waals surface area (Å²) in [5.74, 6) is 0.138. The van der Waals surface area contributed by atoms with Crippen LogP contribution in [0, 0.1) is 0 Å². The number of hydrogen-bond acceptors (Lipinski definition) is 2. The first-order valence-electron chi connectivity index (χ1n) is 10.4. The maximum Gasteiger partial charge on any atom is 0.224 e. The van der Waals surface area contributed by atoms with E-state index < -0.39 is 0 Å². The van der Waals surface area contributed by atoms with E-state index in [9.17, 15) is 4.79 Å². The van der Waals surface area contributed by atoms with E-state index in [-0.39, 0.29) is 5.91 Å². The summed E-state index contributed by atoms with van der Waals surface area (Å²) < 4.78 is 0. The number of benzene rings is 1. The van der Waals surface area contributed by atoms with Crippen molar-refractivity contribution in [3.05, 3.63) is 24.3 Å². The van der Waals surface area contributed by atoms with Gasteiger partial charge >= 0.3 is 0 Å². The molecule has 0 spiro atoms. The molecule has 3 heteroatoms. The van der Waals surface area contributed by atoms with Crippen molar-refractivity contribution in [3.63, 3.8) is 0 Å². The SMILES string of the molecule is CCCCCCCCCCCC(=O)Nc1ccc(N(CC)CC)cc1. The Hall–Kier alpha value is -1.51. The largest absolute Gasteiger partial charge is 0.372 e. The molecule has 0 heterocycles. The van der Waals surface area contributed by atoms with E-state index in [0.717, 1.165) is 25.2 Å². The van der Waals surface area contributed by atoms with Gasteiger partial charge in [0.1, 0.15) is 0 Å². The lowest BCUT2D eigenvalue weighted by molar-refractivity contribution is -0.116. The Morgan fingerprint density at radius 1 is 0.800 bits per heavy atom. The molecule has 0 aliphatic carbocycles. The molecule has 0 unspecified atom stereocenters. The van der Waals surface area contributed by atoms with Crippen molar-refractivity contribution in [2.75, 3.05) is 23.3 Å². The van der Waals surface area contributed by atoms with Crippen molar-refractivity contribution >= 4 is 17.3 Å². The molecule has 0 saturated heterocycles. The molecule has 25 heavy (non-hydrogen) atoms. The summed E-state index contributed by atoms with van der Waals surface area (Å²) in [5, 5.41) is 3.01. The van der Waals surface area contributed by atoms with Crippen LogP contribution in [0.5, 0.6) is 0 Å². The zero-order valence-corrected chi connectivity index (χ0v) is 16.7. The van der Waals surface area contributed by atoms with Gasteiger partial charge in [0, 0.05) is 30.9 Å². The van der Waals surface area contributed by atoms with E-state index in [2.05, 4.69) is 43.1 Å². The third-order valence-electron chi connectivity index (χ3n) is 4.79. The van der Waals surface area contributed by atoms with Crippen LogP contribution in [0.3, 0.4) is 0 Å². The molecule has 0 aliphatic rings. The fourth-order valence-electron chi connectivity index (χ4n) is 3.16. The number of unbranched alkanes of at least 4 members (excludes halogenated alkanes) is 8. The van der Waals surface area contributed by atoms with E-state index >= 15 is 0 Å². The van der Waals surface area contributed by atoms with Gasteiger partial charge in [0.25, 0.3) is 0 Å². The van der Waals surface area contributed by atoms with E-state index in [1.807, 2.05) is 12.1 Å². The van der Waals surface area contributed by atoms with E-state index in [4.69, 9.17) is 0 Å². The third-order valence-corrected chi connectivity index (χ3v) is 4.79. The van der Waals surface area contributed by atoms with Gasteiger partial charge in [0.15, 0.2) is 0 Å². The van der Waals surface area contributed by atoms with Crippen molar-refractivity contribution in [1.82, 2.24) is 0 Å². The first-order valence-corrected chi connectivity index (χ1v) is 10.4. The summed E-state index contributed by atoms with van der Waals surface area (Å²) in [6, 6.07) is 8.17. The molecule has 1 rings (SSSR count). The molecule has 1 aromatic rings. The maximum absolute atomic E-state index is 12.0. The van der Waals surface area contributed by atoms with Gasteiger partial charge in [-0.25, -0.2) is 0 Å². The smallest absolute Gasteiger partial charge is 0.224 e. The van der Waals surface area contributed by atoms with Crippen LogP contribution in [0.4, 0.5) is 11.4 Å². The van der Waals surface area contributed by atoms with Crippen LogP contribution in [-0.4, -0.2) is 19.0 Å². The number of anilines is 2. The topological polar surface area (TPSA) is 32.3 Å². The highest BCUT2D eigenvalue weighted by atomic mass is 16.1. The fraction of sp³-hybridized carbons (Fsp3) is 0.682. The first-order chi connectivity index (χ1) is 12.2. The van der Waals surface area contributed by atoms with Crippen LogP contribution in [-0.2, 0) is 4.79 Å². The molecule has 0 bridgehead atoms. The van der Waals surface area contributed by atoms with Gasteiger partial charge in [-0.05, 0) is 44.5 Å². The number of hydrogen-bond donors (Lipinski definition) is 1. The van der Waals surface area contributed by atoms with E-state index in [0.29, 0.717) is 6.42 Å². The Morgan fingerprint density at radius 2 is 1.32 bits per heavy atom. The highest BCUT2D eigenvalue weighted by molar-refractivity contribution is 5.90. The predicted molar refractivity (Wildman–Crippen MR) is 110 cm³/mol. The van der Waals surface area contributed by atoms with Gasteiger partial charge in [-0.1, -0.05) is 58.3 Å². The van der Waals surface area contributed by atoms with Crippen LogP contribution in [0.1, 0.15) is 85.0 Å². The van der Waals surface area contributed by atoms with Crippen LogP contribution >= 0.6 is 0 Å². The lowest BCUT2D eigenvalue weighted by Gasteiger charge is -2.21. The molecule has 0 radical (unpaired) electrons. The van der Waals surface area contributed by atoms with Gasteiger partial charge in [0.2, 0.25) is 5.91 Å². The summed E-state index contributed by atoms with van der Waals surface area (Å²) in [6.07, 6.45) is 12.2. The second-order valence-corrected chi connectivity index (χ2v) is 6.85. The lowest BCUT2D eigenvalue weighted by atomic mass is 10.1. The predicted octanol–water partition coefficient (Wildman–Crippen LogP) is 6.39. The van der Waals surface area contributed by atoms with Gasteiger partial charge in [0.05, 0.1) is 0 Å². The summed E-state index contributed by atoms with van der Waals surface area (Å²) in [4.78, 5) is 14.3. The average molecular weight is 347 g/mol. The molecule has 1 N–H and O–H groups in total. The monoisotopic (exact) mass is 346 g/mol. The minimum Gasteiger partial charge on any atom is -0.372 e. The molecule has 3 nitrogen and oxygen atoms in total. The molecular weight excluding hydrogens is 308 g/mol. The van der Waals surface area contributed by atoms with Crippen molar-refractivity contribution in [2.24, 2.45) is 0 Å². The quantitative estimate of drug-likeness (QED) is 0.396. The zero-order valence-electron chi connectivity index (χ0n) is 16.7. The molecule has 0 saturated carbocycles. The number of nitrogens with one attached hydrogen (secondary N) is 1. The molecule has 0 atom stereocenters. The van der Waals surface area contributed by atoms with Crippen LogP contribution < -0.4 is 10.2 Å². The fourth-order valence-corrected chi connectivity index (χ4v) is 3.16. The Labute approximate surface area is 155 Å². The number of carbonyl (C=O) groups excluding carboxylic acids is 1. The molecular formula is C22H38N2O. The number of rotatable bonds is 14. The van der Waals surface area contributed by atoms with Crippen molar-refractivity contribution in [1.29, 1.82) is 0 Å². The first kappa shape index (κ1) is 21.5. The molecule has 1 amide bonds. The minimum atomic E-state index is 0.138. The standard InChI is InChI=1S/C22H38N2O/c1-4-7-8-9-10-11-12-13-14-15-22(25)23-20-16-18-21(19-17-20)24(5-2)6-3/h16-19H,4-15H2,1-3H3,(H,23,25). The molecule has 0 aromatic heterocycles. The highest BCUT2D eigenvalue weighted by Gasteiger charge is 2.04. The molecule has 0 fully saturated rings. The Morgan fingerprint density at radius 3 is 1.84 bits per heavy atom. The second-order valence-electron chi connectivity index (χ2n) is 6.85. The molecule has 142 valence electrons. The Bertz CT molecular complexity index is 452. The summed E-state index contributed by atoms with van der Waals surface area (Å²) >= 11 is 0. The third kappa shape index (κ3) is 9.52. The molecule has 1 aromatic carbocycles. The van der Waals surface area contributed by atoms with Crippen LogP contribution in [0.15, 0.2) is 24.3 Å². The second kappa shape index (κ2) is 13.7. The normalized spacial score (nSPS) is 10.7. The lowest BCUT2D eigenvalue weighted by Crippen LogP contribution is -2.21. The number of amides is 1. The number of nitrogens with zero attached hydrogens (tertiary/aromatic N) is 1. The van der Waals surface area contributed by atoms with Crippen molar-refractivity contribution in [2.45, 2.75) is 85.0 Å². The Kier molecular flexibility index (Phi) is 11.8. The van der Waals surface area contributed by atoms with Gasteiger partial charge < -0.3 is 10.2 Å². The summed E-state index contributed by atoms with van der Waals surface area (Å²) in [6.45, 7) is 8.57. The van der Waals surface area contributed by atoms with E-state index in [1.165, 1.54) is 57.1 Å². The summed E-state index contributed by atoms with van der Waals surface area (Å²) in [7, 11) is 0. The van der Waals surface area contributed by atoms with Crippen molar-refractivity contribution < 1.29 is 4.79 Å². The maximum atomic E-state index is 12.0. The average Bonchev–Trinajstić information content (AvgIpc) is 2.63. The van der Waals surface area contributed by atoms with Crippen LogP contribution in [0.2, 0.25) is 0 Å². The molecule has 0 aliphatic heterocycles. The minimum absolute atomic E-state index is 0.138. The number of carbonyl (C=O) groups is 1. The van der Waals surface area contributed by atoms with Gasteiger partial charge in [-0.2, -0.15) is 0 Å².